The number of rotatable bonds is 7. The summed E-state index contributed by atoms with van der Waals surface area (Å²) in [6.07, 6.45) is 7.18. The zero-order valence-electron chi connectivity index (χ0n) is 21.1. The van der Waals surface area contributed by atoms with E-state index in [1.165, 1.54) is 22.3 Å². The Labute approximate surface area is 199 Å². The highest BCUT2D eigenvalue weighted by molar-refractivity contribution is 5.81. The van der Waals surface area contributed by atoms with Gasteiger partial charge in [-0.05, 0) is 95.5 Å². The number of allylic oxidation sites excluding steroid dienone is 2. The standard InChI is InChI=1S/C29H38N2O2/c1-8-9-10-27(32-21-11-13-25-23(15-21)19(2)17-28(4,5)30-25)33-22-12-14-26-24(16-22)20(3)18-29(6,7)31-26/h11-18,27,30-31H,8-10H2,1-7H3. The molecule has 0 aliphatic carbocycles. The zero-order chi connectivity index (χ0) is 23.8. The Morgan fingerprint density at radius 2 is 1.21 bits per heavy atom. The summed E-state index contributed by atoms with van der Waals surface area (Å²) in [5, 5.41) is 7.17. The summed E-state index contributed by atoms with van der Waals surface area (Å²) in [5.41, 5.74) is 7.09. The minimum absolute atomic E-state index is 0.0463. The quantitative estimate of drug-likeness (QED) is 0.425. The van der Waals surface area contributed by atoms with Crippen LogP contribution >= 0.6 is 0 Å². The first kappa shape index (κ1) is 23.3. The Kier molecular flexibility index (Phi) is 6.22. The molecule has 2 aromatic carbocycles. The molecule has 0 unspecified atom stereocenters. The lowest BCUT2D eigenvalue weighted by atomic mass is 9.91. The van der Waals surface area contributed by atoms with Crippen LogP contribution in [0, 0.1) is 0 Å². The van der Waals surface area contributed by atoms with Crippen molar-refractivity contribution in [2.75, 3.05) is 10.6 Å². The van der Waals surface area contributed by atoms with Crippen molar-refractivity contribution in [3.8, 4) is 11.5 Å². The van der Waals surface area contributed by atoms with Gasteiger partial charge in [-0.25, -0.2) is 0 Å². The molecule has 2 heterocycles. The molecule has 4 nitrogen and oxygen atoms in total. The molecular formula is C29H38N2O2. The summed E-state index contributed by atoms with van der Waals surface area (Å²) < 4.78 is 12.8. The number of nitrogens with one attached hydrogen (secondary N) is 2. The highest BCUT2D eigenvalue weighted by Gasteiger charge is 2.25. The van der Waals surface area contributed by atoms with E-state index in [9.17, 15) is 0 Å². The maximum absolute atomic E-state index is 6.38. The predicted molar refractivity (Wildman–Crippen MR) is 140 cm³/mol. The topological polar surface area (TPSA) is 42.5 Å². The summed E-state index contributed by atoms with van der Waals surface area (Å²) >= 11 is 0. The van der Waals surface area contributed by atoms with Crippen molar-refractivity contribution >= 4 is 22.5 Å². The van der Waals surface area contributed by atoms with Gasteiger partial charge < -0.3 is 20.1 Å². The first-order chi connectivity index (χ1) is 15.5. The van der Waals surface area contributed by atoms with Gasteiger partial charge in [-0.3, -0.25) is 0 Å². The molecule has 0 fully saturated rings. The van der Waals surface area contributed by atoms with Crippen molar-refractivity contribution in [2.45, 2.75) is 85.1 Å². The van der Waals surface area contributed by atoms with Crippen molar-refractivity contribution < 1.29 is 9.47 Å². The molecule has 2 N–H and O–H groups in total. The molecule has 2 aliphatic rings. The lowest BCUT2D eigenvalue weighted by molar-refractivity contribution is -0.00213. The molecule has 176 valence electrons. The first-order valence-corrected chi connectivity index (χ1v) is 12.1. The molecule has 0 saturated carbocycles. The van der Waals surface area contributed by atoms with Crippen LogP contribution in [0.5, 0.6) is 11.5 Å². The van der Waals surface area contributed by atoms with E-state index in [2.05, 4.69) is 95.5 Å². The van der Waals surface area contributed by atoms with Crippen molar-refractivity contribution in [1.82, 2.24) is 0 Å². The number of ether oxygens (including phenoxy) is 2. The van der Waals surface area contributed by atoms with Crippen LogP contribution in [0.25, 0.3) is 11.1 Å². The average Bonchev–Trinajstić information content (AvgIpc) is 2.71. The van der Waals surface area contributed by atoms with E-state index in [-0.39, 0.29) is 17.4 Å². The summed E-state index contributed by atoms with van der Waals surface area (Å²) in [7, 11) is 0. The first-order valence-electron chi connectivity index (χ1n) is 12.1. The fourth-order valence-corrected chi connectivity index (χ4v) is 4.88. The van der Waals surface area contributed by atoms with Crippen LogP contribution in [-0.2, 0) is 0 Å². The number of hydrogen-bond donors (Lipinski definition) is 2. The van der Waals surface area contributed by atoms with E-state index in [1.807, 2.05) is 12.1 Å². The van der Waals surface area contributed by atoms with Crippen molar-refractivity contribution in [3.63, 3.8) is 0 Å². The minimum atomic E-state index is -0.337. The number of fused-ring (bicyclic) bond motifs is 2. The summed E-state index contributed by atoms with van der Waals surface area (Å²) in [6.45, 7) is 15.3. The van der Waals surface area contributed by atoms with Gasteiger partial charge in [-0.15, -0.1) is 0 Å². The van der Waals surface area contributed by atoms with E-state index in [0.717, 1.165) is 42.1 Å². The smallest absolute Gasteiger partial charge is 0.241 e. The van der Waals surface area contributed by atoms with Crippen LogP contribution in [0.4, 0.5) is 11.4 Å². The molecule has 4 heteroatoms. The van der Waals surface area contributed by atoms with Gasteiger partial charge in [0.15, 0.2) is 0 Å². The third kappa shape index (κ3) is 5.38. The molecule has 0 amide bonds. The second kappa shape index (κ2) is 8.81. The third-order valence-corrected chi connectivity index (χ3v) is 6.23. The third-order valence-electron chi connectivity index (χ3n) is 6.23. The number of hydrogen-bond acceptors (Lipinski definition) is 4. The maximum atomic E-state index is 6.38. The summed E-state index contributed by atoms with van der Waals surface area (Å²) in [5.74, 6) is 1.67. The molecule has 33 heavy (non-hydrogen) atoms. The lowest BCUT2D eigenvalue weighted by Crippen LogP contribution is -2.31. The Balaban J connectivity index is 1.55. The highest BCUT2D eigenvalue weighted by atomic mass is 16.7. The SMILES string of the molecule is CCCCC(Oc1ccc2c(c1)C(C)=CC(C)(C)N2)Oc1ccc2c(c1)C(C)=CC(C)(C)N2. The molecule has 4 rings (SSSR count). The van der Waals surface area contributed by atoms with Crippen LogP contribution in [0.15, 0.2) is 48.6 Å². The number of benzene rings is 2. The number of anilines is 2. The fourth-order valence-electron chi connectivity index (χ4n) is 4.88. The van der Waals surface area contributed by atoms with Crippen molar-refractivity contribution in [1.29, 1.82) is 0 Å². The second-order valence-corrected chi connectivity index (χ2v) is 10.6. The van der Waals surface area contributed by atoms with Gasteiger partial charge in [0.05, 0.1) is 11.1 Å². The van der Waals surface area contributed by atoms with Gasteiger partial charge in [-0.2, -0.15) is 0 Å². The van der Waals surface area contributed by atoms with Crippen molar-refractivity contribution in [3.05, 3.63) is 59.7 Å². The van der Waals surface area contributed by atoms with Gasteiger partial charge >= 0.3 is 0 Å². The van der Waals surface area contributed by atoms with Crippen LogP contribution in [0.3, 0.4) is 0 Å². The van der Waals surface area contributed by atoms with Crippen LogP contribution in [0.2, 0.25) is 0 Å². The van der Waals surface area contributed by atoms with E-state index in [1.54, 1.807) is 0 Å². The van der Waals surface area contributed by atoms with Gasteiger partial charge in [0.1, 0.15) is 11.5 Å². The molecule has 2 aromatic rings. The predicted octanol–water partition coefficient (Wildman–Crippen LogP) is 7.88. The fraction of sp³-hybridized carbons (Fsp3) is 0.448. The van der Waals surface area contributed by atoms with Crippen molar-refractivity contribution in [2.24, 2.45) is 0 Å². The van der Waals surface area contributed by atoms with E-state index in [4.69, 9.17) is 9.47 Å². The van der Waals surface area contributed by atoms with Gasteiger partial charge in [0.25, 0.3) is 0 Å². The van der Waals surface area contributed by atoms with E-state index < -0.39 is 0 Å². The minimum Gasteiger partial charge on any atom is -0.455 e. The molecule has 0 bridgehead atoms. The van der Waals surface area contributed by atoms with Crippen LogP contribution < -0.4 is 20.1 Å². The Morgan fingerprint density at radius 3 is 1.64 bits per heavy atom. The van der Waals surface area contributed by atoms with Crippen LogP contribution in [0.1, 0.15) is 78.9 Å². The summed E-state index contributed by atoms with van der Waals surface area (Å²) in [4.78, 5) is 0. The normalized spacial score (nSPS) is 17.7. The van der Waals surface area contributed by atoms with E-state index >= 15 is 0 Å². The highest BCUT2D eigenvalue weighted by Crippen LogP contribution is 2.38. The van der Waals surface area contributed by atoms with Gasteiger partial charge in [0.2, 0.25) is 6.29 Å². The number of unbranched alkanes of at least 4 members (excludes halogenated alkanes) is 1. The average molecular weight is 447 g/mol. The van der Waals surface area contributed by atoms with Gasteiger partial charge in [-0.1, -0.05) is 25.5 Å². The Morgan fingerprint density at radius 1 is 0.758 bits per heavy atom. The molecule has 2 aliphatic heterocycles. The zero-order valence-corrected chi connectivity index (χ0v) is 21.1. The lowest BCUT2D eigenvalue weighted by Gasteiger charge is -2.32. The second-order valence-electron chi connectivity index (χ2n) is 10.6. The Hall–Kier alpha value is -2.88. The Bertz CT molecular complexity index is 1010. The molecule has 0 saturated heterocycles. The largest absolute Gasteiger partial charge is 0.455 e. The molecular weight excluding hydrogens is 408 g/mol. The van der Waals surface area contributed by atoms with Gasteiger partial charge in [0, 0.05) is 28.9 Å². The molecule has 0 radical (unpaired) electrons. The molecule has 0 atom stereocenters. The maximum Gasteiger partial charge on any atom is 0.241 e. The molecule has 0 aromatic heterocycles. The molecule has 0 spiro atoms. The van der Waals surface area contributed by atoms with E-state index in [0.29, 0.717) is 0 Å². The summed E-state index contributed by atoms with van der Waals surface area (Å²) in [6, 6.07) is 12.5. The van der Waals surface area contributed by atoms with Crippen LogP contribution in [-0.4, -0.2) is 17.4 Å². The monoisotopic (exact) mass is 446 g/mol.